The average molecular weight is 242 g/mol. The molecule has 0 aliphatic carbocycles. The highest BCUT2D eigenvalue weighted by Crippen LogP contribution is 2.27. The van der Waals surface area contributed by atoms with Crippen LogP contribution < -0.4 is 5.32 Å². The zero-order valence-corrected chi connectivity index (χ0v) is 10.3. The van der Waals surface area contributed by atoms with Crippen molar-refractivity contribution in [1.82, 2.24) is 9.55 Å². The number of hydrogen-bond acceptors (Lipinski definition) is 5. The molecule has 1 aromatic heterocycles. The molecule has 7 nitrogen and oxygen atoms in total. The molecule has 0 radical (unpaired) electrons. The fourth-order valence-corrected chi connectivity index (χ4v) is 1.64. The first-order valence-corrected chi connectivity index (χ1v) is 5.54. The maximum Gasteiger partial charge on any atom is 0.406 e. The van der Waals surface area contributed by atoms with Crippen LogP contribution >= 0.6 is 0 Å². The molecule has 0 saturated heterocycles. The number of rotatable bonds is 6. The number of nitro groups is 1. The van der Waals surface area contributed by atoms with E-state index < -0.39 is 10.5 Å². The van der Waals surface area contributed by atoms with Crippen LogP contribution in [0.4, 0.5) is 11.6 Å². The summed E-state index contributed by atoms with van der Waals surface area (Å²) in [5.74, 6) is 0.111. The second-order valence-electron chi connectivity index (χ2n) is 4.06. The number of anilines is 1. The number of nitrogens with zero attached hydrogens (tertiary/aromatic N) is 3. The Hall–Kier alpha value is -1.63. The van der Waals surface area contributed by atoms with E-state index in [0.29, 0.717) is 18.7 Å². The van der Waals surface area contributed by atoms with Crippen LogP contribution in [0.15, 0.2) is 6.33 Å². The van der Waals surface area contributed by atoms with Gasteiger partial charge in [0.1, 0.15) is 0 Å². The Morgan fingerprint density at radius 1 is 1.59 bits per heavy atom. The smallest absolute Gasteiger partial charge is 0.394 e. The molecule has 0 aromatic carbocycles. The Morgan fingerprint density at radius 3 is 2.59 bits per heavy atom. The Labute approximate surface area is 99.6 Å². The van der Waals surface area contributed by atoms with Crippen LogP contribution in [0.3, 0.4) is 0 Å². The summed E-state index contributed by atoms with van der Waals surface area (Å²) in [6.45, 7) is 3.77. The lowest BCUT2D eigenvalue weighted by Gasteiger charge is -2.31. The number of hydrogen-bond donors (Lipinski definition) is 2. The molecule has 0 bridgehead atoms. The molecule has 96 valence electrons. The molecule has 0 atom stereocenters. The summed E-state index contributed by atoms with van der Waals surface area (Å²) in [5, 5.41) is 23.3. The van der Waals surface area contributed by atoms with Gasteiger partial charge in [0.05, 0.1) is 12.1 Å². The number of aryl methyl sites for hydroxylation is 1. The first-order valence-electron chi connectivity index (χ1n) is 5.54. The van der Waals surface area contributed by atoms with Gasteiger partial charge in [0, 0.05) is 7.05 Å². The van der Waals surface area contributed by atoms with E-state index in [9.17, 15) is 15.2 Å². The number of aliphatic hydroxyl groups is 1. The predicted molar refractivity (Wildman–Crippen MR) is 63.9 cm³/mol. The van der Waals surface area contributed by atoms with Crippen molar-refractivity contribution >= 4 is 11.6 Å². The third kappa shape index (κ3) is 2.55. The third-order valence-corrected chi connectivity index (χ3v) is 3.13. The van der Waals surface area contributed by atoms with Crippen molar-refractivity contribution in [3.8, 4) is 0 Å². The minimum absolute atomic E-state index is 0.0810. The lowest BCUT2D eigenvalue weighted by molar-refractivity contribution is -0.388. The monoisotopic (exact) mass is 242 g/mol. The number of aromatic nitrogens is 2. The summed E-state index contributed by atoms with van der Waals surface area (Å²) in [5.41, 5.74) is -0.543. The highest BCUT2D eigenvalue weighted by molar-refractivity contribution is 5.53. The Balaban J connectivity index is 3.08. The minimum Gasteiger partial charge on any atom is -0.394 e. The van der Waals surface area contributed by atoms with Crippen LogP contribution in [0.2, 0.25) is 0 Å². The maximum atomic E-state index is 10.8. The van der Waals surface area contributed by atoms with Crippen LogP contribution in [-0.4, -0.2) is 31.7 Å². The largest absolute Gasteiger partial charge is 0.406 e. The van der Waals surface area contributed by atoms with Gasteiger partial charge >= 0.3 is 5.82 Å². The fraction of sp³-hybridized carbons (Fsp3) is 0.700. The molecule has 1 rings (SSSR count). The highest BCUT2D eigenvalue weighted by atomic mass is 16.6. The standard InChI is InChI=1S/C10H18N4O3/c1-4-10(5-2,6-15)12-9-8(14(16)17)11-7-13(9)3/h7,12,15H,4-6H2,1-3H3. The molecule has 7 heteroatoms. The van der Waals surface area contributed by atoms with Crippen molar-refractivity contribution < 1.29 is 10.0 Å². The molecule has 0 fully saturated rings. The molecule has 0 saturated carbocycles. The Kier molecular flexibility index (Phi) is 4.06. The first kappa shape index (κ1) is 13.4. The Bertz CT molecular complexity index is 390. The van der Waals surface area contributed by atoms with E-state index >= 15 is 0 Å². The summed E-state index contributed by atoms with van der Waals surface area (Å²) in [7, 11) is 1.68. The van der Waals surface area contributed by atoms with Crippen molar-refractivity contribution in [2.75, 3.05) is 11.9 Å². The normalized spacial score (nSPS) is 11.5. The Morgan fingerprint density at radius 2 is 2.18 bits per heavy atom. The van der Waals surface area contributed by atoms with E-state index in [0.717, 1.165) is 0 Å². The quantitative estimate of drug-likeness (QED) is 0.579. The topological polar surface area (TPSA) is 93.2 Å². The van der Waals surface area contributed by atoms with Gasteiger partial charge in [-0.15, -0.1) is 0 Å². The molecular formula is C10H18N4O3. The van der Waals surface area contributed by atoms with E-state index in [2.05, 4.69) is 10.3 Å². The molecule has 0 aliphatic rings. The lowest BCUT2D eigenvalue weighted by atomic mass is 9.94. The molecule has 0 amide bonds. The number of nitrogens with one attached hydrogen (secondary N) is 1. The molecule has 0 spiro atoms. The van der Waals surface area contributed by atoms with E-state index in [1.54, 1.807) is 11.6 Å². The molecule has 0 aliphatic heterocycles. The maximum absolute atomic E-state index is 10.8. The van der Waals surface area contributed by atoms with Gasteiger partial charge < -0.3 is 20.5 Å². The van der Waals surface area contributed by atoms with Gasteiger partial charge in [0.25, 0.3) is 0 Å². The summed E-state index contributed by atoms with van der Waals surface area (Å²) < 4.78 is 1.55. The minimum atomic E-state index is -0.543. The van der Waals surface area contributed by atoms with Crippen molar-refractivity contribution in [1.29, 1.82) is 0 Å². The lowest BCUT2D eigenvalue weighted by Crippen LogP contribution is -2.41. The molecular weight excluding hydrogens is 224 g/mol. The third-order valence-electron chi connectivity index (χ3n) is 3.13. The van der Waals surface area contributed by atoms with E-state index in [1.165, 1.54) is 6.33 Å². The molecule has 17 heavy (non-hydrogen) atoms. The van der Waals surface area contributed by atoms with Crippen LogP contribution in [-0.2, 0) is 7.05 Å². The first-order chi connectivity index (χ1) is 7.99. The highest BCUT2D eigenvalue weighted by Gasteiger charge is 2.30. The van der Waals surface area contributed by atoms with Gasteiger partial charge in [0.15, 0.2) is 0 Å². The second-order valence-corrected chi connectivity index (χ2v) is 4.06. The van der Waals surface area contributed by atoms with E-state index in [-0.39, 0.29) is 12.4 Å². The summed E-state index contributed by atoms with van der Waals surface area (Å²) in [4.78, 5) is 14.0. The van der Waals surface area contributed by atoms with Crippen molar-refractivity contribution in [3.63, 3.8) is 0 Å². The van der Waals surface area contributed by atoms with Gasteiger partial charge in [0.2, 0.25) is 12.1 Å². The molecule has 0 unspecified atom stereocenters. The summed E-state index contributed by atoms with van der Waals surface area (Å²) in [6.07, 6.45) is 2.72. The van der Waals surface area contributed by atoms with Crippen LogP contribution in [0, 0.1) is 10.1 Å². The zero-order valence-electron chi connectivity index (χ0n) is 10.3. The van der Waals surface area contributed by atoms with Crippen molar-refractivity contribution in [3.05, 3.63) is 16.4 Å². The van der Waals surface area contributed by atoms with Crippen LogP contribution in [0.1, 0.15) is 26.7 Å². The molecule has 1 aromatic rings. The van der Waals surface area contributed by atoms with E-state index in [4.69, 9.17) is 0 Å². The van der Waals surface area contributed by atoms with Gasteiger partial charge in [-0.25, -0.2) is 0 Å². The van der Waals surface area contributed by atoms with Crippen LogP contribution in [0.5, 0.6) is 0 Å². The summed E-state index contributed by atoms with van der Waals surface area (Å²) in [6, 6.07) is 0. The van der Waals surface area contributed by atoms with E-state index in [1.807, 2.05) is 13.8 Å². The second kappa shape index (κ2) is 5.13. The zero-order chi connectivity index (χ0) is 13.1. The predicted octanol–water partition coefficient (Wildman–Crippen LogP) is 1.29. The SMILES string of the molecule is CCC(CC)(CO)Nc1c([N+](=O)[O-])ncn1C. The van der Waals surface area contributed by atoms with Gasteiger partial charge in [-0.1, -0.05) is 13.8 Å². The average Bonchev–Trinajstić information content (AvgIpc) is 2.68. The van der Waals surface area contributed by atoms with Crippen LogP contribution in [0.25, 0.3) is 0 Å². The van der Waals surface area contributed by atoms with Gasteiger partial charge in [-0.05, 0) is 22.7 Å². The van der Waals surface area contributed by atoms with Crippen molar-refractivity contribution in [2.24, 2.45) is 7.05 Å². The van der Waals surface area contributed by atoms with Gasteiger partial charge in [-0.3, -0.25) is 4.57 Å². The summed E-state index contributed by atoms with van der Waals surface area (Å²) >= 11 is 0. The molecule has 2 N–H and O–H groups in total. The number of aliphatic hydroxyl groups excluding tert-OH is 1. The van der Waals surface area contributed by atoms with Crippen molar-refractivity contribution in [2.45, 2.75) is 32.2 Å². The van der Waals surface area contributed by atoms with Gasteiger partial charge in [-0.2, -0.15) is 0 Å². The number of imidazole rings is 1. The molecule has 1 heterocycles. The fourth-order valence-electron chi connectivity index (χ4n) is 1.64.